The highest BCUT2D eigenvalue weighted by Gasteiger charge is 2.17. The van der Waals surface area contributed by atoms with Crippen molar-refractivity contribution in [2.24, 2.45) is 0 Å². The van der Waals surface area contributed by atoms with E-state index >= 15 is 0 Å². The Morgan fingerprint density at radius 3 is 2.33 bits per heavy atom. The smallest absolute Gasteiger partial charge is 0.415 e. The Balaban J connectivity index is 2.39. The SMILES string of the molecule is CCOC(=O)Sc1cccc2cccc(OC(=O)N(CC)CC)c12. The zero-order valence-electron chi connectivity index (χ0n) is 14.1. The fourth-order valence-corrected chi connectivity index (χ4v) is 3.14. The Kier molecular flexibility index (Phi) is 6.49. The number of fused-ring (bicyclic) bond motifs is 1. The van der Waals surface area contributed by atoms with Gasteiger partial charge >= 0.3 is 11.4 Å². The van der Waals surface area contributed by atoms with Crippen LogP contribution in [0.5, 0.6) is 5.75 Å². The van der Waals surface area contributed by atoms with Crippen LogP contribution in [-0.2, 0) is 4.74 Å². The summed E-state index contributed by atoms with van der Waals surface area (Å²) in [5, 5.41) is 1.25. The molecule has 0 bridgehead atoms. The molecule has 1 amide bonds. The first-order valence-electron chi connectivity index (χ1n) is 7.93. The molecule has 0 saturated carbocycles. The van der Waals surface area contributed by atoms with Crippen LogP contribution in [0, 0.1) is 0 Å². The second-order valence-corrected chi connectivity index (χ2v) is 5.91. The molecule has 24 heavy (non-hydrogen) atoms. The van der Waals surface area contributed by atoms with E-state index in [0.717, 1.165) is 22.5 Å². The highest BCUT2D eigenvalue weighted by molar-refractivity contribution is 8.13. The molecule has 2 aromatic carbocycles. The Labute approximate surface area is 145 Å². The number of amides is 1. The number of carbonyl (C=O) groups is 2. The van der Waals surface area contributed by atoms with Crippen molar-refractivity contribution < 1.29 is 19.1 Å². The number of ether oxygens (including phenoxy) is 2. The number of hydrogen-bond acceptors (Lipinski definition) is 5. The molecule has 128 valence electrons. The molecule has 0 fully saturated rings. The van der Waals surface area contributed by atoms with E-state index in [4.69, 9.17) is 9.47 Å². The number of rotatable bonds is 5. The minimum Gasteiger partial charge on any atom is -0.458 e. The van der Waals surface area contributed by atoms with Crippen molar-refractivity contribution in [2.75, 3.05) is 19.7 Å². The van der Waals surface area contributed by atoms with Gasteiger partial charge in [-0.3, -0.25) is 0 Å². The van der Waals surface area contributed by atoms with Crippen molar-refractivity contribution in [1.82, 2.24) is 4.90 Å². The zero-order valence-corrected chi connectivity index (χ0v) is 14.9. The van der Waals surface area contributed by atoms with E-state index in [1.54, 1.807) is 17.9 Å². The van der Waals surface area contributed by atoms with Crippen molar-refractivity contribution in [2.45, 2.75) is 25.7 Å². The topological polar surface area (TPSA) is 55.8 Å². The largest absolute Gasteiger partial charge is 0.458 e. The molecule has 0 heterocycles. The van der Waals surface area contributed by atoms with Gasteiger partial charge in [-0.2, -0.15) is 0 Å². The molecule has 0 aromatic heterocycles. The summed E-state index contributed by atoms with van der Waals surface area (Å²) in [4.78, 5) is 26.4. The Morgan fingerprint density at radius 1 is 1.04 bits per heavy atom. The van der Waals surface area contributed by atoms with Crippen LogP contribution in [-0.4, -0.2) is 36.0 Å². The van der Waals surface area contributed by atoms with Crippen LogP contribution in [0.1, 0.15) is 20.8 Å². The number of hydrogen-bond donors (Lipinski definition) is 0. The predicted octanol–water partition coefficient (Wildman–Crippen LogP) is 4.93. The van der Waals surface area contributed by atoms with Crippen LogP contribution in [0.2, 0.25) is 0 Å². The van der Waals surface area contributed by atoms with Crippen LogP contribution in [0.25, 0.3) is 10.8 Å². The summed E-state index contributed by atoms with van der Waals surface area (Å²) in [5.74, 6) is 0.441. The first-order valence-corrected chi connectivity index (χ1v) is 8.75. The lowest BCUT2D eigenvalue weighted by atomic mass is 10.1. The van der Waals surface area contributed by atoms with E-state index in [0.29, 0.717) is 30.3 Å². The number of carbonyl (C=O) groups excluding carboxylic acids is 2. The molecule has 2 aromatic rings. The lowest BCUT2D eigenvalue weighted by molar-refractivity contribution is 0.158. The molecule has 0 saturated heterocycles. The Morgan fingerprint density at radius 2 is 1.71 bits per heavy atom. The van der Waals surface area contributed by atoms with Crippen molar-refractivity contribution in [1.29, 1.82) is 0 Å². The predicted molar refractivity (Wildman–Crippen MR) is 95.8 cm³/mol. The molecule has 0 atom stereocenters. The minimum atomic E-state index is -0.400. The molecule has 0 radical (unpaired) electrons. The molecule has 6 heteroatoms. The van der Waals surface area contributed by atoms with E-state index in [9.17, 15) is 9.59 Å². The standard InChI is InChI=1S/C18H21NO4S/c1-4-19(5-2)17(20)23-14-11-7-9-13-10-8-12-15(16(13)14)24-18(21)22-6-3/h7-12H,4-6H2,1-3H3. The van der Waals surface area contributed by atoms with Crippen LogP contribution in [0.3, 0.4) is 0 Å². The molecular weight excluding hydrogens is 326 g/mol. The molecule has 0 aliphatic carbocycles. The first kappa shape index (κ1) is 18.1. The summed E-state index contributed by atoms with van der Waals surface area (Å²) in [5.41, 5.74) is 0. The van der Waals surface area contributed by atoms with Gasteiger partial charge in [0.25, 0.3) is 0 Å². The van der Waals surface area contributed by atoms with Gasteiger partial charge in [-0.25, -0.2) is 9.59 Å². The van der Waals surface area contributed by atoms with Gasteiger partial charge in [-0.05, 0) is 50.1 Å². The first-order chi connectivity index (χ1) is 11.6. The lowest BCUT2D eigenvalue weighted by Crippen LogP contribution is -2.33. The second kappa shape index (κ2) is 8.59. The molecule has 0 aliphatic rings. The molecular formula is C18H21NO4S. The third-order valence-electron chi connectivity index (χ3n) is 3.50. The average Bonchev–Trinajstić information content (AvgIpc) is 2.56. The van der Waals surface area contributed by atoms with Gasteiger partial charge in [0, 0.05) is 23.4 Å². The van der Waals surface area contributed by atoms with Crippen molar-refractivity contribution >= 4 is 33.9 Å². The molecule has 0 spiro atoms. The summed E-state index contributed by atoms with van der Waals surface area (Å²) in [6, 6.07) is 11.1. The third-order valence-corrected chi connectivity index (χ3v) is 4.35. The summed E-state index contributed by atoms with van der Waals surface area (Å²) in [6.07, 6.45) is -0.400. The van der Waals surface area contributed by atoms with E-state index in [2.05, 4.69) is 0 Å². The monoisotopic (exact) mass is 347 g/mol. The van der Waals surface area contributed by atoms with Gasteiger partial charge in [0.1, 0.15) is 5.75 Å². The maximum absolute atomic E-state index is 12.3. The van der Waals surface area contributed by atoms with Gasteiger partial charge in [0.05, 0.1) is 6.61 Å². The molecule has 5 nitrogen and oxygen atoms in total. The Hall–Kier alpha value is -2.21. The quantitative estimate of drug-likeness (QED) is 0.567. The zero-order chi connectivity index (χ0) is 17.5. The van der Waals surface area contributed by atoms with Gasteiger partial charge in [0.2, 0.25) is 0 Å². The average molecular weight is 347 g/mol. The summed E-state index contributed by atoms with van der Waals surface area (Å²) < 4.78 is 10.6. The maximum Gasteiger partial charge on any atom is 0.415 e. The Bertz CT molecular complexity index is 723. The van der Waals surface area contributed by atoms with Gasteiger partial charge in [-0.15, -0.1) is 0 Å². The van der Waals surface area contributed by atoms with Crippen molar-refractivity contribution in [3.8, 4) is 5.75 Å². The summed E-state index contributed by atoms with van der Waals surface area (Å²) in [7, 11) is 0. The third kappa shape index (κ3) is 4.20. The normalized spacial score (nSPS) is 10.5. The summed E-state index contributed by atoms with van der Waals surface area (Å²) in [6.45, 7) is 7.03. The van der Waals surface area contributed by atoms with Gasteiger partial charge < -0.3 is 14.4 Å². The second-order valence-electron chi connectivity index (χ2n) is 4.94. The molecule has 0 N–H and O–H groups in total. The highest BCUT2D eigenvalue weighted by atomic mass is 32.2. The van der Waals surface area contributed by atoms with Crippen molar-refractivity contribution in [3.05, 3.63) is 36.4 Å². The highest BCUT2D eigenvalue weighted by Crippen LogP contribution is 2.35. The van der Waals surface area contributed by atoms with Gasteiger partial charge in [0.15, 0.2) is 0 Å². The van der Waals surface area contributed by atoms with E-state index in [1.807, 2.05) is 44.2 Å². The fourth-order valence-electron chi connectivity index (χ4n) is 2.32. The van der Waals surface area contributed by atoms with E-state index < -0.39 is 6.09 Å². The minimum absolute atomic E-state index is 0.320. The molecule has 2 rings (SSSR count). The van der Waals surface area contributed by atoms with Crippen LogP contribution < -0.4 is 4.74 Å². The molecule has 0 unspecified atom stereocenters. The van der Waals surface area contributed by atoms with Crippen molar-refractivity contribution in [3.63, 3.8) is 0 Å². The number of nitrogens with zero attached hydrogens (tertiary/aromatic N) is 1. The van der Waals surface area contributed by atoms with Crippen LogP contribution in [0.4, 0.5) is 9.59 Å². The van der Waals surface area contributed by atoms with Crippen LogP contribution in [0.15, 0.2) is 41.3 Å². The maximum atomic E-state index is 12.3. The lowest BCUT2D eigenvalue weighted by Gasteiger charge is -2.19. The van der Waals surface area contributed by atoms with Crippen LogP contribution >= 0.6 is 11.8 Å². The number of benzene rings is 2. The van der Waals surface area contributed by atoms with Gasteiger partial charge in [-0.1, -0.05) is 24.3 Å². The van der Waals surface area contributed by atoms with E-state index in [-0.39, 0.29) is 5.30 Å². The molecule has 0 aliphatic heterocycles. The summed E-state index contributed by atoms with van der Waals surface area (Å²) >= 11 is 0.993. The van der Waals surface area contributed by atoms with E-state index in [1.165, 1.54) is 0 Å². The number of thioether (sulfide) groups is 1. The fraction of sp³-hybridized carbons (Fsp3) is 0.333.